The Morgan fingerprint density at radius 1 is 1.39 bits per heavy atom. The molecule has 0 aliphatic heterocycles. The van der Waals surface area contributed by atoms with Gasteiger partial charge in [-0.05, 0) is 47.3 Å². The minimum Gasteiger partial charge on any atom is -0.480 e. The average molecular weight is 312 g/mol. The number of nitrogens with one attached hydrogen (secondary N) is 1. The topological polar surface area (TPSA) is 66.4 Å². The number of hydrogen-bond acceptors (Lipinski definition) is 2. The molecule has 5 heteroatoms. The SMILES string of the molecule is Cc1cccc(NC(=O)C2(C(=O)O)CCC2)c1Br. The molecule has 1 aliphatic rings. The van der Waals surface area contributed by atoms with Crippen LogP contribution in [0.4, 0.5) is 5.69 Å². The van der Waals surface area contributed by atoms with E-state index in [1.165, 1.54) is 0 Å². The Labute approximate surface area is 114 Å². The summed E-state index contributed by atoms with van der Waals surface area (Å²) in [5, 5.41) is 11.9. The van der Waals surface area contributed by atoms with E-state index in [9.17, 15) is 14.7 Å². The molecule has 1 aromatic carbocycles. The smallest absolute Gasteiger partial charge is 0.319 e. The highest BCUT2D eigenvalue weighted by atomic mass is 79.9. The summed E-state index contributed by atoms with van der Waals surface area (Å²) in [6, 6.07) is 5.49. The van der Waals surface area contributed by atoms with Gasteiger partial charge in [-0.3, -0.25) is 9.59 Å². The Balaban J connectivity index is 2.21. The Morgan fingerprint density at radius 3 is 2.56 bits per heavy atom. The molecule has 96 valence electrons. The number of hydrogen-bond donors (Lipinski definition) is 2. The lowest BCUT2D eigenvalue weighted by Gasteiger charge is -2.35. The first kappa shape index (κ1) is 13.1. The molecule has 2 rings (SSSR count). The number of carbonyl (C=O) groups is 2. The molecule has 1 fully saturated rings. The van der Waals surface area contributed by atoms with Crippen LogP contribution in [-0.4, -0.2) is 17.0 Å². The minimum absolute atomic E-state index is 0.414. The van der Waals surface area contributed by atoms with Crippen molar-refractivity contribution in [1.82, 2.24) is 0 Å². The van der Waals surface area contributed by atoms with E-state index in [1.807, 2.05) is 19.1 Å². The first-order valence-corrected chi connectivity index (χ1v) is 6.56. The van der Waals surface area contributed by atoms with Gasteiger partial charge < -0.3 is 10.4 Å². The van der Waals surface area contributed by atoms with Crippen molar-refractivity contribution in [3.8, 4) is 0 Å². The van der Waals surface area contributed by atoms with Gasteiger partial charge in [0.25, 0.3) is 0 Å². The van der Waals surface area contributed by atoms with Crippen LogP contribution in [0.3, 0.4) is 0 Å². The molecule has 0 heterocycles. The molecule has 1 amide bonds. The highest BCUT2D eigenvalue weighted by molar-refractivity contribution is 9.10. The van der Waals surface area contributed by atoms with E-state index in [0.29, 0.717) is 18.5 Å². The van der Waals surface area contributed by atoms with Crippen LogP contribution in [0.1, 0.15) is 24.8 Å². The summed E-state index contributed by atoms with van der Waals surface area (Å²) in [7, 11) is 0. The predicted molar refractivity (Wildman–Crippen MR) is 71.4 cm³/mol. The molecule has 18 heavy (non-hydrogen) atoms. The summed E-state index contributed by atoms with van der Waals surface area (Å²) in [4.78, 5) is 23.3. The van der Waals surface area contributed by atoms with Crippen LogP contribution in [0.5, 0.6) is 0 Å². The maximum Gasteiger partial charge on any atom is 0.319 e. The molecule has 0 spiro atoms. The zero-order valence-corrected chi connectivity index (χ0v) is 11.6. The number of carboxylic acid groups (broad SMARTS) is 1. The number of rotatable bonds is 3. The highest BCUT2D eigenvalue weighted by Crippen LogP contribution is 2.42. The van der Waals surface area contributed by atoms with Gasteiger partial charge in [0.05, 0.1) is 5.69 Å². The average Bonchev–Trinajstić information content (AvgIpc) is 2.22. The van der Waals surface area contributed by atoms with Crippen molar-refractivity contribution in [2.75, 3.05) is 5.32 Å². The van der Waals surface area contributed by atoms with Crippen LogP contribution in [0.2, 0.25) is 0 Å². The summed E-state index contributed by atoms with van der Waals surface area (Å²) in [5.41, 5.74) is 0.377. The second-order valence-corrected chi connectivity index (χ2v) is 5.42. The van der Waals surface area contributed by atoms with Crippen molar-refractivity contribution in [3.05, 3.63) is 28.2 Å². The van der Waals surface area contributed by atoms with Crippen molar-refractivity contribution in [1.29, 1.82) is 0 Å². The fourth-order valence-electron chi connectivity index (χ4n) is 2.05. The third-order valence-corrected chi connectivity index (χ3v) is 4.54. The number of amides is 1. The van der Waals surface area contributed by atoms with E-state index in [-0.39, 0.29) is 0 Å². The predicted octanol–water partition coefficient (Wildman–Crippen LogP) is 2.95. The van der Waals surface area contributed by atoms with E-state index in [2.05, 4.69) is 21.2 Å². The highest BCUT2D eigenvalue weighted by Gasteiger charge is 2.51. The van der Waals surface area contributed by atoms with Crippen LogP contribution in [0.25, 0.3) is 0 Å². The first-order chi connectivity index (χ1) is 8.47. The number of carbonyl (C=O) groups excluding carboxylic acids is 1. The quantitative estimate of drug-likeness (QED) is 0.843. The summed E-state index contributed by atoms with van der Waals surface area (Å²) >= 11 is 3.39. The number of aliphatic carboxylic acids is 1. The zero-order chi connectivity index (χ0) is 13.3. The Kier molecular flexibility index (Phi) is 3.43. The van der Waals surface area contributed by atoms with Crippen molar-refractivity contribution in [3.63, 3.8) is 0 Å². The van der Waals surface area contributed by atoms with Gasteiger partial charge in [0, 0.05) is 4.47 Å². The first-order valence-electron chi connectivity index (χ1n) is 5.77. The summed E-state index contributed by atoms with van der Waals surface area (Å²) in [6.07, 6.45) is 1.61. The lowest BCUT2D eigenvalue weighted by atomic mass is 9.68. The maximum absolute atomic E-state index is 12.1. The largest absolute Gasteiger partial charge is 0.480 e. The summed E-state index contributed by atoms with van der Waals surface area (Å²) in [5.74, 6) is -1.46. The van der Waals surface area contributed by atoms with E-state index < -0.39 is 17.3 Å². The number of carboxylic acids is 1. The number of anilines is 1. The second kappa shape index (κ2) is 4.72. The molecule has 0 saturated heterocycles. The van der Waals surface area contributed by atoms with E-state index in [0.717, 1.165) is 16.5 Å². The van der Waals surface area contributed by atoms with Crippen LogP contribution < -0.4 is 5.32 Å². The number of halogens is 1. The molecule has 0 radical (unpaired) electrons. The zero-order valence-electron chi connectivity index (χ0n) is 10.00. The Bertz CT molecular complexity index is 509. The van der Waals surface area contributed by atoms with Crippen LogP contribution in [0.15, 0.2) is 22.7 Å². The van der Waals surface area contributed by atoms with Crippen LogP contribution in [-0.2, 0) is 9.59 Å². The third-order valence-electron chi connectivity index (χ3n) is 3.49. The summed E-state index contributed by atoms with van der Waals surface area (Å²) in [6.45, 7) is 1.91. The normalized spacial score (nSPS) is 16.8. The standard InChI is InChI=1S/C13H14BrNO3/c1-8-4-2-5-9(10(8)14)15-11(16)13(12(17)18)6-3-7-13/h2,4-5H,3,6-7H2,1H3,(H,15,16)(H,17,18). The fourth-order valence-corrected chi connectivity index (χ4v) is 2.42. The lowest BCUT2D eigenvalue weighted by molar-refractivity contribution is -0.159. The van der Waals surface area contributed by atoms with Crippen molar-refractivity contribution < 1.29 is 14.7 Å². The van der Waals surface area contributed by atoms with E-state index >= 15 is 0 Å². The molecular weight excluding hydrogens is 298 g/mol. The molecular formula is C13H14BrNO3. The fraction of sp³-hybridized carbons (Fsp3) is 0.385. The van der Waals surface area contributed by atoms with Gasteiger partial charge >= 0.3 is 5.97 Å². The molecule has 1 aliphatic carbocycles. The molecule has 0 atom stereocenters. The molecule has 0 aromatic heterocycles. The van der Waals surface area contributed by atoms with Gasteiger partial charge in [-0.15, -0.1) is 0 Å². The van der Waals surface area contributed by atoms with Crippen LogP contribution in [0, 0.1) is 12.3 Å². The Hall–Kier alpha value is -1.36. The number of benzene rings is 1. The maximum atomic E-state index is 12.1. The molecule has 0 unspecified atom stereocenters. The molecule has 0 bridgehead atoms. The second-order valence-electron chi connectivity index (χ2n) is 4.63. The Morgan fingerprint density at radius 2 is 2.06 bits per heavy atom. The summed E-state index contributed by atoms with van der Waals surface area (Å²) < 4.78 is 0.790. The minimum atomic E-state index is -1.23. The van der Waals surface area contributed by atoms with Gasteiger partial charge in [0.1, 0.15) is 5.41 Å². The van der Waals surface area contributed by atoms with Gasteiger partial charge in [-0.1, -0.05) is 18.6 Å². The lowest BCUT2D eigenvalue weighted by Crippen LogP contribution is -2.48. The van der Waals surface area contributed by atoms with E-state index in [1.54, 1.807) is 6.07 Å². The van der Waals surface area contributed by atoms with Gasteiger partial charge in [0.2, 0.25) is 5.91 Å². The molecule has 1 aromatic rings. The number of aryl methyl sites for hydroxylation is 1. The third kappa shape index (κ3) is 2.03. The van der Waals surface area contributed by atoms with Crippen molar-refractivity contribution >= 4 is 33.5 Å². The van der Waals surface area contributed by atoms with Gasteiger partial charge in [-0.2, -0.15) is 0 Å². The molecule has 4 nitrogen and oxygen atoms in total. The monoisotopic (exact) mass is 311 g/mol. The molecule has 1 saturated carbocycles. The molecule has 2 N–H and O–H groups in total. The van der Waals surface area contributed by atoms with Crippen molar-refractivity contribution in [2.24, 2.45) is 5.41 Å². The van der Waals surface area contributed by atoms with Gasteiger partial charge in [-0.25, -0.2) is 0 Å². The van der Waals surface area contributed by atoms with Gasteiger partial charge in [0.15, 0.2) is 0 Å². The van der Waals surface area contributed by atoms with E-state index in [4.69, 9.17) is 0 Å². The van der Waals surface area contributed by atoms with Crippen molar-refractivity contribution in [2.45, 2.75) is 26.2 Å². The van der Waals surface area contributed by atoms with Crippen LogP contribution >= 0.6 is 15.9 Å².